The zero-order valence-electron chi connectivity index (χ0n) is 10.8. The van der Waals surface area contributed by atoms with Gasteiger partial charge in [-0.25, -0.2) is 22.0 Å². The summed E-state index contributed by atoms with van der Waals surface area (Å²) >= 11 is 2.12. The number of hydrogen-bond donors (Lipinski definition) is 1. The van der Waals surface area contributed by atoms with Crippen molar-refractivity contribution in [2.75, 3.05) is 5.75 Å². The van der Waals surface area contributed by atoms with Crippen LogP contribution in [0.4, 0.5) is 0 Å². The molecule has 9 heteroatoms. The maximum atomic E-state index is 12.1. The predicted molar refractivity (Wildman–Crippen MR) is 82.7 cm³/mol. The van der Waals surface area contributed by atoms with Crippen LogP contribution in [0.1, 0.15) is 26.2 Å². The molecular weight excluding hydrogens is 338 g/mol. The van der Waals surface area contributed by atoms with Crippen molar-refractivity contribution < 1.29 is 16.8 Å². The number of sulfone groups is 1. The second kappa shape index (κ2) is 5.72. The van der Waals surface area contributed by atoms with E-state index in [2.05, 4.69) is 0 Å². The number of primary sulfonamides is 1. The highest BCUT2D eigenvalue weighted by Crippen LogP contribution is 2.37. The highest BCUT2D eigenvalue weighted by molar-refractivity contribution is 7.94. The molecule has 2 rings (SSSR count). The first kappa shape index (κ1) is 15.9. The molecular formula is C11H15NO4S4. The Hall–Kier alpha value is -0.480. The molecule has 112 valence electrons. The van der Waals surface area contributed by atoms with Crippen molar-refractivity contribution in [2.45, 2.75) is 34.6 Å². The van der Waals surface area contributed by atoms with Gasteiger partial charge in [0.05, 0.1) is 9.77 Å². The molecule has 0 saturated heterocycles. The molecule has 0 aliphatic heterocycles. The van der Waals surface area contributed by atoms with Crippen LogP contribution < -0.4 is 5.14 Å². The van der Waals surface area contributed by atoms with E-state index in [1.54, 1.807) is 0 Å². The fourth-order valence-corrected chi connectivity index (χ4v) is 7.07. The lowest BCUT2D eigenvalue weighted by molar-refractivity contribution is 0.592. The second-order valence-electron chi connectivity index (χ2n) is 4.44. The molecule has 0 aliphatic carbocycles. The number of fused-ring (bicyclic) bond motifs is 1. The van der Waals surface area contributed by atoms with Gasteiger partial charge in [-0.2, -0.15) is 0 Å². The molecule has 5 nitrogen and oxygen atoms in total. The molecule has 0 fully saturated rings. The van der Waals surface area contributed by atoms with Crippen LogP contribution in [0.5, 0.6) is 0 Å². The van der Waals surface area contributed by atoms with Crippen LogP contribution in [0.25, 0.3) is 9.40 Å². The molecule has 20 heavy (non-hydrogen) atoms. The fraction of sp³-hybridized carbons (Fsp3) is 0.455. The maximum Gasteiger partial charge on any atom is 0.247 e. The SMILES string of the molecule is CCCCCS(=O)(=O)c1cc2cc(S(N)(=O)=O)sc2s1. The topological polar surface area (TPSA) is 94.3 Å². The molecule has 0 bridgehead atoms. The molecule has 0 saturated carbocycles. The molecule has 0 atom stereocenters. The number of rotatable bonds is 6. The van der Waals surface area contributed by atoms with Crippen LogP contribution in [0.3, 0.4) is 0 Å². The van der Waals surface area contributed by atoms with Crippen LogP contribution in [0, 0.1) is 0 Å². The van der Waals surface area contributed by atoms with Gasteiger partial charge < -0.3 is 0 Å². The monoisotopic (exact) mass is 353 g/mol. The minimum Gasteiger partial charge on any atom is -0.224 e. The molecule has 0 spiro atoms. The van der Waals surface area contributed by atoms with E-state index in [-0.39, 0.29) is 9.96 Å². The van der Waals surface area contributed by atoms with E-state index in [4.69, 9.17) is 5.14 Å². The minimum atomic E-state index is -3.72. The summed E-state index contributed by atoms with van der Waals surface area (Å²) in [7, 11) is -6.99. The second-order valence-corrected chi connectivity index (χ2v) is 10.9. The summed E-state index contributed by atoms with van der Waals surface area (Å²) in [5, 5.41) is 5.68. The van der Waals surface area contributed by atoms with Crippen LogP contribution in [0.2, 0.25) is 0 Å². The van der Waals surface area contributed by atoms with Crippen LogP contribution in [-0.4, -0.2) is 22.6 Å². The van der Waals surface area contributed by atoms with Gasteiger partial charge in [0.15, 0.2) is 9.84 Å². The zero-order chi connectivity index (χ0) is 15.0. The normalized spacial score (nSPS) is 13.1. The number of unbranched alkanes of at least 4 members (excludes halogenated alkanes) is 2. The third-order valence-electron chi connectivity index (χ3n) is 2.77. The van der Waals surface area contributed by atoms with E-state index in [9.17, 15) is 16.8 Å². The first-order valence-electron chi connectivity index (χ1n) is 6.03. The maximum absolute atomic E-state index is 12.1. The molecule has 2 heterocycles. The summed E-state index contributed by atoms with van der Waals surface area (Å²) in [6.07, 6.45) is 2.49. The molecule has 0 aromatic carbocycles. The van der Waals surface area contributed by atoms with Crippen molar-refractivity contribution in [3.8, 4) is 0 Å². The lowest BCUT2D eigenvalue weighted by Crippen LogP contribution is -2.09. The highest BCUT2D eigenvalue weighted by atomic mass is 32.3. The Balaban J connectivity index is 2.31. The van der Waals surface area contributed by atoms with Gasteiger partial charge in [0, 0.05) is 5.39 Å². The van der Waals surface area contributed by atoms with E-state index >= 15 is 0 Å². The third-order valence-corrected chi connectivity index (χ3v) is 8.95. The van der Waals surface area contributed by atoms with E-state index < -0.39 is 19.9 Å². The van der Waals surface area contributed by atoms with Gasteiger partial charge in [-0.05, 0) is 18.6 Å². The van der Waals surface area contributed by atoms with Gasteiger partial charge >= 0.3 is 0 Å². The van der Waals surface area contributed by atoms with Crippen molar-refractivity contribution in [1.29, 1.82) is 0 Å². The van der Waals surface area contributed by atoms with Gasteiger partial charge in [-0.15, -0.1) is 22.7 Å². The quantitative estimate of drug-likeness (QED) is 0.808. The Morgan fingerprint density at radius 1 is 1.05 bits per heavy atom. The van der Waals surface area contributed by atoms with E-state index in [0.29, 0.717) is 20.0 Å². The molecule has 0 radical (unpaired) electrons. The Morgan fingerprint density at radius 2 is 1.65 bits per heavy atom. The van der Waals surface area contributed by atoms with E-state index in [0.717, 1.165) is 35.5 Å². The van der Waals surface area contributed by atoms with E-state index in [1.165, 1.54) is 12.1 Å². The molecule has 0 aliphatic rings. The largest absolute Gasteiger partial charge is 0.247 e. The zero-order valence-corrected chi connectivity index (χ0v) is 14.1. The molecule has 2 N–H and O–H groups in total. The summed E-state index contributed by atoms with van der Waals surface area (Å²) in [5.41, 5.74) is 0. The Labute approximate surface area is 126 Å². The van der Waals surface area contributed by atoms with Crippen molar-refractivity contribution in [3.05, 3.63) is 12.1 Å². The van der Waals surface area contributed by atoms with Crippen molar-refractivity contribution in [3.63, 3.8) is 0 Å². The predicted octanol–water partition coefficient (Wildman–Crippen LogP) is 2.57. The van der Waals surface area contributed by atoms with Crippen molar-refractivity contribution >= 4 is 51.9 Å². The molecule has 0 amide bonds. The molecule has 2 aromatic rings. The Bertz CT molecular complexity index is 782. The summed E-state index contributed by atoms with van der Waals surface area (Å²) in [4.78, 5) is 0. The van der Waals surface area contributed by atoms with Gasteiger partial charge in [0.2, 0.25) is 10.0 Å². The number of nitrogens with two attached hydrogens (primary N) is 1. The number of hydrogen-bond acceptors (Lipinski definition) is 6. The van der Waals surface area contributed by atoms with Gasteiger partial charge in [0.25, 0.3) is 0 Å². The van der Waals surface area contributed by atoms with Gasteiger partial charge in [-0.1, -0.05) is 19.8 Å². The smallest absolute Gasteiger partial charge is 0.224 e. The first-order chi connectivity index (χ1) is 9.24. The minimum absolute atomic E-state index is 0.0636. The lowest BCUT2D eigenvalue weighted by atomic mass is 10.3. The Morgan fingerprint density at radius 3 is 2.20 bits per heavy atom. The summed E-state index contributed by atoms with van der Waals surface area (Å²) < 4.78 is 47.8. The summed E-state index contributed by atoms with van der Waals surface area (Å²) in [5.74, 6) is 0.136. The van der Waals surface area contributed by atoms with Gasteiger partial charge in [0.1, 0.15) is 8.42 Å². The standard InChI is InChI=1S/C11H15NO4S4/c1-2-3-4-5-19(13,14)9-6-8-7-10(20(12,15)16)18-11(8)17-9/h6-7H,2-5H2,1H3,(H2,12,15,16). The van der Waals surface area contributed by atoms with E-state index in [1.807, 2.05) is 6.92 Å². The van der Waals surface area contributed by atoms with Crippen LogP contribution >= 0.6 is 22.7 Å². The average Bonchev–Trinajstić information content (AvgIpc) is 2.85. The van der Waals surface area contributed by atoms with Crippen LogP contribution in [-0.2, 0) is 19.9 Å². The Kier molecular flexibility index (Phi) is 4.55. The summed E-state index contributed by atoms with van der Waals surface area (Å²) in [6, 6.07) is 2.96. The number of sulfonamides is 1. The first-order valence-corrected chi connectivity index (χ1v) is 10.9. The molecule has 2 aromatic heterocycles. The summed E-state index contributed by atoms with van der Waals surface area (Å²) in [6.45, 7) is 2.02. The molecule has 0 unspecified atom stereocenters. The fourth-order valence-electron chi connectivity index (χ4n) is 1.73. The van der Waals surface area contributed by atoms with Crippen molar-refractivity contribution in [1.82, 2.24) is 0 Å². The van der Waals surface area contributed by atoms with Crippen molar-refractivity contribution in [2.24, 2.45) is 5.14 Å². The average molecular weight is 354 g/mol. The number of thiophene rings is 2. The van der Waals surface area contributed by atoms with Gasteiger partial charge in [-0.3, -0.25) is 0 Å². The third kappa shape index (κ3) is 3.40. The highest BCUT2D eigenvalue weighted by Gasteiger charge is 2.20. The lowest BCUT2D eigenvalue weighted by Gasteiger charge is -2.00. The van der Waals surface area contributed by atoms with Crippen LogP contribution in [0.15, 0.2) is 20.6 Å².